The standard InChI is InChI=1S/C20H23NO5S/c1-25-17-5-3-15(4-6-17)20(22)16-11-13-21(14-12-16)27(23,24)19-9-7-18(26-2)8-10-19/h3-10,16H,11-14H2,1-2H3. The lowest BCUT2D eigenvalue weighted by Gasteiger charge is -2.30. The number of rotatable bonds is 6. The van der Waals surface area contributed by atoms with Crippen LogP contribution in [0.2, 0.25) is 0 Å². The number of ether oxygens (including phenoxy) is 2. The molecule has 0 bridgehead atoms. The van der Waals surface area contributed by atoms with Crippen LogP contribution in [-0.2, 0) is 10.0 Å². The second-order valence-electron chi connectivity index (χ2n) is 6.45. The van der Waals surface area contributed by atoms with Crippen molar-refractivity contribution >= 4 is 15.8 Å². The first-order valence-corrected chi connectivity index (χ1v) is 10.2. The van der Waals surface area contributed by atoms with E-state index >= 15 is 0 Å². The number of hydrogen-bond acceptors (Lipinski definition) is 5. The van der Waals surface area contributed by atoms with Gasteiger partial charge in [0.2, 0.25) is 10.0 Å². The number of hydrogen-bond donors (Lipinski definition) is 0. The molecule has 1 aliphatic rings. The quantitative estimate of drug-likeness (QED) is 0.710. The summed E-state index contributed by atoms with van der Waals surface area (Å²) >= 11 is 0. The molecule has 0 spiro atoms. The third-order valence-corrected chi connectivity index (χ3v) is 6.81. The first-order valence-electron chi connectivity index (χ1n) is 8.78. The van der Waals surface area contributed by atoms with E-state index in [1.807, 2.05) is 0 Å². The molecule has 7 heteroatoms. The van der Waals surface area contributed by atoms with Crippen molar-refractivity contribution < 1.29 is 22.7 Å². The molecule has 1 saturated heterocycles. The van der Waals surface area contributed by atoms with Crippen LogP contribution in [0.25, 0.3) is 0 Å². The molecule has 0 aromatic heterocycles. The summed E-state index contributed by atoms with van der Waals surface area (Å²) in [5, 5.41) is 0. The molecule has 1 aliphatic heterocycles. The van der Waals surface area contributed by atoms with Crippen molar-refractivity contribution in [3.05, 3.63) is 54.1 Å². The van der Waals surface area contributed by atoms with E-state index in [1.54, 1.807) is 55.6 Å². The van der Waals surface area contributed by atoms with Crippen LogP contribution in [0.1, 0.15) is 23.2 Å². The van der Waals surface area contributed by atoms with Crippen LogP contribution in [0, 0.1) is 5.92 Å². The fourth-order valence-corrected chi connectivity index (χ4v) is 4.72. The molecule has 1 fully saturated rings. The Labute approximate surface area is 159 Å². The van der Waals surface area contributed by atoms with Crippen LogP contribution < -0.4 is 9.47 Å². The Morgan fingerprint density at radius 1 is 0.889 bits per heavy atom. The fraction of sp³-hybridized carbons (Fsp3) is 0.350. The van der Waals surface area contributed by atoms with E-state index in [4.69, 9.17) is 9.47 Å². The number of methoxy groups -OCH3 is 2. The predicted molar refractivity (Wildman–Crippen MR) is 102 cm³/mol. The minimum Gasteiger partial charge on any atom is -0.497 e. The second-order valence-corrected chi connectivity index (χ2v) is 8.38. The van der Waals surface area contributed by atoms with Crippen molar-refractivity contribution in [3.63, 3.8) is 0 Å². The highest BCUT2D eigenvalue weighted by Gasteiger charge is 2.32. The van der Waals surface area contributed by atoms with E-state index < -0.39 is 10.0 Å². The fourth-order valence-electron chi connectivity index (χ4n) is 3.25. The lowest BCUT2D eigenvalue weighted by Crippen LogP contribution is -2.40. The molecular weight excluding hydrogens is 366 g/mol. The largest absolute Gasteiger partial charge is 0.497 e. The molecule has 144 valence electrons. The molecule has 0 saturated carbocycles. The molecule has 1 heterocycles. The molecule has 0 atom stereocenters. The van der Waals surface area contributed by atoms with E-state index in [9.17, 15) is 13.2 Å². The predicted octanol–water partition coefficient (Wildman–Crippen LogP) is 2.99. The monoisotopic (exact) mass is 389 g/mol. The van der Waals surface area contributed by atoms with Gasteiger partial charge in [-0.3, -0.25) is 4.79 Å². The zero-order valence-corrected chi connectivity index (χ0v) is 16.2. The molecule has 6 nitrogen and oxygen atoms in total. The van der Waals surface area contributed by atoms with Crippen molar-refractivity contribution in [1.29, 1.82) is 0 Å². The molecule has 3 rings (SSSR count). The average molecular weight is 389 g/mol. The molecule has 0 amide bonds. The van der Waals surface area contributed by atoms with Crippen molar-refractivity contribution in [2.45, 2.75) is 17.7 Å². The summed E-state index contributed by atoms with van der Waals surface area (Å²) in [4.78, 5) is 12.9. The number of nitrogens with zero attached hydrogens (tertiary/aromatic N) is 1. The number of benzene rings is 2. The summed E-state index contributed by atoms with van der Waals surface area (Å²) in [7, 11) is -0.445. The van der Waals surface area contributed by atoms with Gasteiger partial charge >= 0.3 is 0 Å². The number of sulfonamides is 1. The minimum atomic E-state index is -3.56. The highest BCUT2D eigenvalue weighted by Crippen LogP contribution is 2.27. The lowest BCUT2D eigenvalue weighted by molar-refractivity contribution is 0.0875. The summed E-state index contributed by atoms with van der Waals surface area (Å²) in [5.41, 5.74) is 0.632. The Kier molecular flexibility index (Phi) is 5.82. The minimum absolute atomic E-state index is 0.0548. The lowest BCUT2D eigenvalue weighted by atomic mass is 9.89. The average Bonchev–Trinajstić information content (AvgIpc) is 2.73. The maximum atomic E-state index is 12.8. The van der Waals surface area contributed by atoms with Gasteiger partial charge in [0.15, 0.2) is 5.78 Å². The van der Waals surface area contributed by atoms with Crippen molar-refractivity contribution in [1.82, 2.24) is 4.31 Å². The Morgan fingerprint density at radius 3 is 1.85 bits per heavy atom. The second kappa shape index (κ2) is 8.10. The Hall–Kier alpha value is -2.38. The van der Waals surface area contributed by atoms with Crippen LogP contribution in [0.4, 0.5) is 0 Å². The summed E-state index contributed by atoms with van der Waals surface area (Å²) in [5.74, 6) is 1.20. The normalized spacial score (nSPS) is 16.1. The summed E-state index contributed by atoms with van der Waals surface area (Å²) < 4.78 is 37.2. The Bertz CT molecular complexity index is 883. The summed E-state index contributed by atoms with van der Waals surface area (Å²) in [6.07, 6.45) is 1.03. The highest BCUT2D eigenvalue weighted by molar-refractivity contribution is 7.89. The maximum Gasteiger partial charge on any atom is 0.243 e. The molecule has 0 radical (unpaired) electrons. The number of Topliss-reactive ketones (excluding diaryl/α,β-unsaturated/α-hetero) is 1. The van der Waals surface area contributed by atoms with Gasteiger partial charge in [-0.25, -0.2) is 8.42 Å². The molecule has 2 aromatic rings. The first-order chi connectivity index (χ1) is 13.0. The van der Waals surface area contributed by atoms with Gasteiger partial charge in [-0.2, -0.15) is 4.31 Å². The van der Waals surface area contributed by atoms with Crippen LogP contribution >= 0.6 is 0 Å². The third-order valence-electron chi connectivity index (χ3n) is 4.90. The van der Waals surface area contributed by atoms with Gasteiger partial charge in [0, 0.05) is 24.6 Å². The van der Waals surface area contributed by atoms with Crippen molar-refractivity contribution in [3.8, 4) is 11.5 Å². The van der Waals surface area contributed by atoms with Gasteiger partial charge in [-0.05, 0) is 61.4 Å². The molecule has 2 aromatic carbocycles. The van der Waals surface area contributed by atoms with E-state index in [0.29, 0.717) is 43.0 Å². The van der Waals surface area contributed by atoms with Crippen LogP contribution in [0.15, 0.2) is 53.4 Å². The summed E-state index contributed by atoms with van der Waals surface area (Å²) in [6, 6.07) is 13.4. The molecule has 27 heavy (non-hydrogen) atoms. The van der Waals surface area contributed by atoms with Gasteiger partial charge in [-0.15, -0.1) is 0 Å². The highest BCUT2D eigenvalue weighted by atomic mass is 32.2. The molecule has 0 aliphatic carbocycles. The smallest absolute Gasteiger partial charge is 0.243 e. The van der Waals surface area contributed by atoms with Gasteiger partial charge in [0.1, 0.15) is 11.5 Å². The Morgan fingerprint density at radius 2 is 1.37 bits per heavy atom. The van der Waals surface area contributed by atoms with Crippen LogP contribution in [0.3, 0.4) is 0 Å². The van der Waals surface area contributed by atoms with Gasteiger partial charge < -0.3 is 9.47 Å². The molecule has 0 unspecified atom stereocenters. The summed E-state index contributed by atoms with van der Waals surface area (Å²) in [6.45, 7) is 0.668. The van der Waals surface area contributed by atoms with Gasteiger partial charge in [0.05, 0.1) is 19.1 Å². The Balaban J connectivity index is 1.65. The van der Waals surface area contributed by atoms with Crippen molar-refractivity contribution in [2.24, 2.45) is 5.92 Å². The van der Waals surface area contributed by atoms with Crippen LogP contribution in [-0.4, -0.2) is 45.8 Å². The maximum absolute atomic E-state index is 12.8. The number of ketones is 1. The number of piperidine rings is 1. The number of carbonyl (C=O) groups excluding carboxylic acids is 1. The zero-order valence-electron chi connectivity index (χ0n) is 15.4. The van der Waals surface area contributed by atoms with E-state index in [-0.39, 0.29) is 16.6 Å². The van der Waals surface area contributed by atoms with Gasteiger partial charge in [-0.1, -0.05) is 0 Å². The topological polar surface area (TPSA) is 72.9 Å². The van der Waals surface area contributed by atoms with E-state index in [2.05, 4.69) is 0 Å². The zero-order chi connectivity index (χ0) is 19.4. The number of carbonyl (C=O) groups is 1. The van der Waals surface area contributed by atoms with E-state index in [1.165, 1.54) is 11.4 Å². The SMILES string of the molecule is COc1ccc(C(=O)C2CCN(S(=O)(=O)c3ccc(OC)cc3)CC2)cc1. The molecule has 0 N–H and O–H groups in total. The van der Waals surface area contributed by atoms with Crippen molar-refractivity contribution in [2.75, 3.05) is 27.3 Å². The van der Waals surface area contributed by atoms with E-state index in [0.717, 1.165) is 0 Å². The van der Waals surface area contributed by atoms with Crippen LogP contribution in [0.5, 0.6) is 11.5 Å². The third kappa shape index (κ3) is 4.14. The molecular formula is C20H23NO5S. The van der Waals surface area contributed by atoms with Gasteiger partial charge in [0.25, 0.3) is 0 Å². The first kappa shape index (κ1) is 19.4.